The first-order valence-electron chi connectivity index (χ1n) is 10.9. The number of ether oxygens (including phenoxy) is 2. The summed E-state index contributed by atoms with van der Waals surface area (Å²) in [6.07, 6.45) is -1.26. The molecule has 2 amide bonds. The number of amides is 2. The maximum absolute atomic E-state index is 12.6. The van der Waals surface area contributed by atoms with Crippen molar-refractivity contribution < 1.29 is 29.0 Å². The molecule has 0 saturated carbocycles. The van der Waals surface area contributed by atoms with Gasteiger partial charge in [-0.1, -0.05) is 48.5 Å². The van der Waals surface area contributed by atoms with Crippen LogP contribution in [0.2, 0.25) is 0 Å². The van der Waals surface area contributed by atoms with Gasteiger partial charge in [-0.3, -0.25) is 4.79 Å². The molecular formula is C25H28N2O6. The summed E-state index contributed by atoms with van der Waals surface area (Å²) in [6.45, 7) is 5.11. The second kappa shape index (κ2) is 8.42. The molecule has 0 unspecified atom stereocenters. The molecule has 1 aliphatic carbocycles. The van der Waals surface area contributed by atoms with Crippen LogP contribution in [0, 0.1) is 5.41 Å². The number of alkyl carbamates (subject to hydrolysis) is 1. The molecule has 1 heterocycles. The van der Waals surface area contributed by atoms with E-state index in [2.05, 4.69) is 17.4 Å². The Labute approximate surface area is 192 Å². The van der Waals surface area contributed by atoms with Crippen LogP contribution in [0.15, 0.2) is 48.5 Å². The highest BCUT2D eigenvalue weighted by Gasteiger charge is 2.52. The smallest absolute Gasteiger partial charge is 0.409 e. The Morgan fingerprint density at radius 2 is 1.58 bits per heavy atom. The van der Waals surface area contributed by atoms with Crippen molar-refractivity contribution >= 4 is 18.2 Å². The number of likely N-dealkylation sites (tertiary alicyclic amines) is 1. The molecule has 2 aromatic rings. The van der Waals surface area contributed by atoms with E-state index in [1.165, 1.54) is 4.90 Å². The second-order valence-electron chi connectivity index (χ2n) is 9.60. The Kier molecular flexibility index (Phi) is 5.78. The lowest BCUT2D eigenvalue weighted by Gasteiger charge is -2.46. The van der Waals surface area contributed by atoms with Crippen LogP contribution in [-0.2, 0) is 14.3 Å². The minimum absolute atomic E-state index is 0.0468. The lowest BCUT2D eigenvalue weighted by Crippen LogP contribution is -2.66. The number of hydrogen-bond donors (Lipinski definition) is 2. The maximum Gasteiger partial charge on any atom is 0.409 e. The zero-order chi connectivity index (χ0) is 23.8. The number of nitrogens with zero attached hydrogens (tertiary/aromatic N) is 1. The molecule has 33 heavy (non-hydrogen) atoms. The summed E-state index contributed by atoms with van der Waals surface area (Å²) in [7, 11) is 0. The van der Waals surface area contributed by atoms with E-state index < -0.39 is 29.2 Å². The summed E-state index contributed by atoms with van der Waals surface area (Å²) in [4.78, 5) is 37.7. The van der Waals surface area contributed by atoms with Crippen molar-refractivity contribution in [2.24, 2.45) is 5.41 Å². The number of carboxylic acids is 1. The molecule has 0 bridgehead atoms. The molecule has 2 aromatic carbocycles. The normalized spacial score (nSPS) is 16.3. The number of nitrogens with one attached hydrogen (secondary N) is 1. The van der Waals surface area contributed by atoms with Crippen molar-refractivity contribution in [2.75, 3.05) is 26.2 Å². The number of carboxylic acid groups (broad SMARTS) is 1. The van der Waals surface area contributed by atoms with Crippen LogP contribution >= 0.6 is 0 Å². The van der Waals surface area contributed by atoms with Gasteiger partial charge in [-0.05, 0) is 43.0 Å². The van der Waals surface area contributed by atoms with Crippen LogP contribution in [0.1, 0.15) is 37.8 Å². The van der Waals surface area contributed by atoms with Crippen molar-refractivity contribution in [2.45, 2.75) is 32.3 Å². The van der Waals surface area contributed by atoms with Gasteiger partial charge < -0.3 is 24.8 Å². The van der Waals surface area contributed by atoms with E-state index >= 15 is 0 Å². The SMILES string of the molecule is CC(C)(C)OC(=O)NCC1(C(=O)O)CN(C(=O)OCC2c3ccccc3-c3ccccc32)C1. The minimum Gasteiger partial charge on any atom is -0.481 e. The summed E-state index contributed by atoms with van der Waals surface area (Å²) in [5, 5.41) is 12.2. The average molecular weight is 453 g/mol. The molecule has 0 radical (unpaired) electrons. The highest BCUT2D eigenvalue weighted by atomic mass is 16.6. The summed E-state index contributed by atoms with van der Waals surface area (Å²) in [5.41, 5.74) is 2.54. The van der Waals surface area contributed by atoms with Crippen LogP contribution < -0.4 is 5.32 Å². The topological polar surface area (TPSA) is 105 Å². The maximum atomic E-state index is 12.6. The van der Waals surface area contributed by atoms with Crippen LogP contribution in [0.3, 0.4) is 0 Å². The number of carbonyl (C=O) groups excluding carboxylic acids is 2. The van der Waals surface area contributed by atoms with Crippen LogP contribution in [-0.4, -0.2) is 60.0 Å². The number of fused-ring (bicyclic) bond motifs is 3. The van der Waals surface area contributed by atoms with E-state index in [9.17, 15) is 19.5 Å². The number of hydrogen-bond acceptors (Lipinski definition) is 5. The van der Waals surface area contributed by atoms with Gasteiger partial charge in [0.05, 0.1) is 0 Å². The van der Waals surface area contributed by atoms with Gasteiger partial charge in [-0.2, -0.15) is 0 Å². The van der Waals surface area contributed by atoms with E-state index in [1.54, 1.807) is 20.8 Å². The van der Waals surface area contributed by atoms with Crippen molar-refractivity contribution in [3.8, 4) is 11.1 Å². The fraction of sp³-hybridized carbons (Fsp3) is 0.400. The lowest BCUT2D eigenvalue weighted by molar-refractivity contribution is -0.158. The molecule has 174 valence electrons. The van der Waals surface area contributed by atoms with E-state index in [4.69, 9.17) is 9.47 Å². The first-order valence-corrected chi connectivity index (χ1v) is 10.9. The molecule has 1 saturated heterocycles. The molecule has 8 heteroatoms. The largest absolute Gasteiger partial charge is 0.481 e. The molecule has 0 atom stereocenters. The first-order chi connectivity index (χ1) is 15.6. The summed E-state index contributed by atoms with van der Waals surface area (Å²) in [6, 6.07) is 16.1. The van der Waals surface area contributed by atoms with Gasteiger partial charge >= 0.3 is 18.2 Å². The van der Waals surface area contributed by atoms with Gasteiger partial charge in [0.2, 0.25) is 0 Å². The molecule has 1 fully saturated rings. The van der Waals surface area contributed by atoms with Crippen molar-refractivity contribution in [3.63, 3.8) is 0 Å². The molecular weight excluding hydrogens is 424 g/mol. The fourth-order valence-electron chi connectivity index (χ4n) is 4.38. The highest BCUT2D eigenvalue weighted by Crippen LogP contribution is 2.44. The van der Waals surface area contributed by atoms with E-state index in [1.807, 2.05) is 36.4 Å². The van der Waals surface area contributed by atoms with Crippen LogP contribution in [0.25, 0.3) is 11.1 Å². The zero-order valence-corrected chi connectivity index (χ0v) is 19.0. The van der Waals surface area contributed by atoms with Gasteiger partial charge in [0, 0.05) is 25.6 Å². The highest BCUT2D eigenvalue weighted by molar-refractivity contribution is 5.82. The number of benzene rings is 2. The van der Waals surface area contributed by atoms with E-state index in [0.717, 1.165) is 22.3 Å². The molecule has 8 nitrogen and oxygen atoms in total. The van der Waals surface area contributed by atoms with Crippen molar-refractivity contribution in [3.05, 3.63) is 59.7 Å². The summed E-state index contributed by atoms with van der Waals surface area (Å²) in [5.74, 6) is -1.15. The van der Waals surface area contributed by atoms with Gasteiger partial charge in [-0.15, -0.1) is 0 Å². The minimum atomic E-state index is -1.26. The Morgan fingerprint density at radius 1 is 1.03 bits per heavy atom. The van der Waals surface area contributed by atoms with Crippen molar-refractivity contribution in [1.82, 2.24) is 10.2 Å². The quantitative estimate of drug-likeness (QED) is 0.714. The third-order valence-corrected chi connectivity index (χ3v) is 6.00. The van der Waals surface area contributed by atoms with Crippen LogP contribution in [0.5, 0.6) is 0 Å². The molecule has 0 spiro atoms. The van der Waals surface area contributed by atoms with Crippen LogP contribution in [0.4, 0.5) is 9.59 Å². The Morgan fingerprint density at radius 3 is 2.09 bits per heavy atom. The number of rotatable bonds is 5. The predicted octanol–water partition coefficient (Wildman–Crippen LogP) is 3.85. The molecule has 2 aliphatic rings. The lowest BCUT2D eigenvalue weighted by atomic mass is 9.80. The summed E-state index contributed by atoms with van der Waals surface area (Å²) < 4.78 is 10.8. The van der Waals surface area contributed by atoms with E-state index in [0.29, 0.717) is 0 Å². The molecule has 1 aliphatic heterocycles. The first kappa shape index (κ1) is 22.6. The molecule has 0 aromatic heterocycles. The Bertz CT molecular complexity index is 1040. The standard InChI is InChI=1S/C25H28N2O6/c1-24(2,3)33-22(30)26-13-25(21(28)29)14-27(15-25)23(31)32-12-20-18-10-6-4-8-16(18)17-9-5-7-11-19(17)20/h4-11,20H,12-15H2,1-3H3,(H,26,30)(H,28,29). The summed E-state index contributed by atoms with van der Waals surface area (Å²) >= 11 is 0. The average Bonchev–Trinajstić information content (AvgIpc) is 3.03. The Balaban J connectivity index is 1.35. The van der Waals surface area contributed by atoms with E-state index in [-0.39, 0.29) is 32.2 Å². The van der Waals surface area contributed by atoms with Gasteiger partial charge in [-0.25, -0.2) is 9.59 Å². The molecule has 4 rings (SSSR count). The van der Waals surface area contributed by atoms with Gasteiger partial charge in [0.25, 0.3) is 0 Å². The third-order valence-electron chi connectivity index (χ3n) is 6.00. The van der Waals surface area contributed by atoms with Gasteiger partial charge in [0.1, 0.15) is 17.6 Å². The number of carbonyl (C=O) groups is 3. The second-order valence-corrected chi connectivity index (χ2v) is 9.60. The number of aliphatic carboxylic acids is 1. The monoisotopic (exact) mass is 452 g/mol. The molecule has 2 N–H and O–H groups in total. The predicted molar refractivity (Wildman–Crippen MR) is 121 cm³/mol. The van der Waals surface area contributed by atoms with Crippen molar-refractivity contribution in [1.29, 1.82) is 0 Å². The third kappa shape index (κ3) is 4.51. The van der Waals surface area contributed by atoms with Gasteiger partial charge in [0.15, 0.2) is 0 Å². The zero-order valence-electron chi connectivity index (χ0n) is 19.0. The fourth-order valence-corrected chi connectivity index (χ4v) is 4.38. The Hall–Kier alpha value is -3.55.